The second-order valence-corrected chi connectivity index (χ2v) is 5.94. The van der Waals surface area contributed by atoms with Crippen molar-refractivity contribution in [3.63, 3.8) is 0 Å². The molecule has 0 bridgehead atoms. The Morgan fingerprint density at radius 2 is 1.76 bits per heavy atom. The molecule has 1 rings (SSSR count). The van der Waals surface area contributed by atoms with E-state index in [0.29, 0.717) is 12.6 Å². The van der Waals surface area contributed by atoms with E-state index in [4.69, 9.17) is 0 Å². The highest BCUT2D eigenvalue weighted by Gasteiger charge is 2.39. The summed E-state index contributed by atoms with van der Waals surface area (Å²) in [6.07, 6.45) is 9.53. The Labute approximate surface area is 107 Å². The van der Waals surface area contributed by atoms with Crippen molar-refractivity contribution >= 4 is 0 Å². The lowest BCUT2D eigenvalue weighted by molar-refractivity contribution is 0.183. The molecule has 1 fully saturated rings. The molecule has 0 N–H and O–H groups in total. The first kappa shape index (κ1) is 14.9. The van der Waals surface area contributed by atoms with Crippen molar-refractivity contribution < 1.29 is 4.39 Å². The highest BCUT2D eigenvalue weighted by molar-refractivity contribution is 4.93. The third-order valence-electron chi connectivity index (χ3n) is 3.90. The van der Waals surface area contributed by atoms with Gasteiger partial charge in [-0.1, -0.05) is 46.0 Å². The molecule has 2 atom stereocenters. The Morgan fingerprint density at radius 1 is 1.12 bits per heavy atom. The number of hydrogen-bond donors (Lipinski definition) is 0. The first-order valence-electron chi connectivity index (χ1n) is 7.52. The predicted octanol–water partition coefficient (Wildman–Crippen LogP) is 4.56. The zero-order valence-corrected chi connectivity index (χ0v) is 12.0. The molecule has 2 unspecified atom stereocenters. The summed E-state index contributed by atoms with van der Waals surface area (Å²) in [6.45, 7) is 7.99. The normalized spacial score (nSPS) is 30.0. The fourth-order valence-electron chi connectivity index (χ4n) is 2.98. The number of alkyl halides is 1. The van der Waals surface area contributed by atoms with Gasteiger partial charge in [0.2, 0.25) is 0 Å². The number of likely N-dealkylation sites (tertiary alicyclic amines) is 1. The van der Waals surface area contributed by atoms with Crippen LogP contribution in [0.2, 0.25) is 0 Å². The maximum Gasteiger partial charge on any atom is 0.122 e. The Hall–Kier alpha value is -0.110. The van der Waals surface area contributed by atoms with E-state index in [1.54, 1.807) is 6.92 Å². The van der Waals surface area contributed by atoms with Crippen molar-refractivity contribution in [1.29, 1.82) is 0 Å². The Morgan fingerprint density at radius 3 is 2.41 bits per heavy atom. The summed E-state index contributed by atoms with van der Waals surface area (Å²) >= 11 is 0. The van der Waals surface area contributed by atoms with Crippen LogP contribution in [0.1, 0.15) is 72.1 Å². The molecular formula is C15H30FN. The van der Waals surface area contributed by atoms with E-state index in [1.807, 2.05) is 0 Å². The monoisotopic (exact) mass is 243 g/mol. The lowest BCUT2D eigenvalue weighted by Gasteiger charge is -2.23. The first-order chi connectivity index (χ1) is 8.09. The third-order valence-corrected chi connectivity index (χ3v) is 3.90. The van der Waals surface area contributed by atoms with Gasteiger partial charge < -0.3 is 0 Å². The highest BCUT2D eigenvalue weighted by atomic mass is 19.1. The smallest absolute Gasteiger partial charge is 0.122 e. The molecule has 1 nitrogen and oxygen atoms in total. The summed E-state index contributed by atoms with van der Waals surface area (Å²) in [5.41, 5.74) is -0.941. The zero-order chi connectivity index (χ0) is 12.7. The molecule has 2 heteroatoms. The van der Waals surface area contributed by atoms with Gasteiger partial charge in [-0.05, 0) is 32.7 Å². The minimum Gasteiger partial charge on any atom is -0.297 e. The van der Waals surface area contributed by atoms with Crippen molar-refractivity contribution in [3.05, 3.63) is 0 Å². The summed E-state index contributed by atoms with van der Waals surface area (Å²) in [4.78, 5) is 2.41. The number of halogens is 1. The Balaban J connectivity index is 2.35. The van der Waals surface area contributed by atoms with Gasteiger partial charge in [-0.15, -0.1) is 0 Å². The van der Waals surface area contributed by atoms with Crippen molar-refractivity contribution in [2.45, 2.75) is 83.8 Å². The van der Waals surface area contributed by atoms with Gasteiger partial charge in [0.05, 0.1) is 0 Å². The molecule has 1 heterocycles. The maximum absolute atomic E-state index is 14.1. The molecule has 17 heavy (non-hydrogen) atoms. The molecule has 0 aromatic heterocycles. The van der Waals surface area contributed by atoms with E-state index in [1.165, 1.54) is 44.9 Å². The fraction of sp³-hybridized carbons (Fsp3) is 1.00. The first-order valence-corrected chi connectivity index (χ1v) is 7.52. The second-order valence-electron chi connectivity index (χ2n) is 5.94. The van der Waals surface area contributed by atoms with Crippen LogP contribution in [0.4, 0.5) is 4.39 Å². The van der Waals surface area contributed by atoms with Crippen molar-refractivity contribution in [1.82, 2.24) is 4.90 Å². The van der Waals surface area contributed by atoms with Gasteiger partial charge in [-0.3, -0.25) is 4.90 Å². The van der Waals surface area contributed by atoms with E-state index < -0.39 is 5.67 Å². The molecular weight excluding hydrogens is 213 g/mol. The van der Waals surface area contributed by atoms with E-state index in [-0.39, 0.29) is 0 Å². The van der Waals surface area contributed by atoms with Crippen LogP contribution in [-0.2, 0) is 0 Å². The summed E-state index contributed by atoms with van der Waals surface area (Å²) in [5.74, 6) is 0. The maximum atomic E-state index is 14.1. The van der Waals surface area contributed by atoms with E-state index >= 15 is 0 Å². The van der Waals surface area contributed by atoms with Crippen molar-refractivity contribution in [2.75, 3.05) is 13.1 Å². The lowest BCUT2D eigenvalue weighted by Crippen LogP contribution is -2.31. The fourth-order valence-corrected chi connectivity index (χ4v) is 2.98. The lowest BCUT2D eigenvalue weighted by atomic mass is 10.0. The van der Waals surface area contributed by atoms with Crippen LogP contribution >= 0.6 is 0 Å². The van der Waals surface area contributed by atoms with Crippen LogP contribution in [0.5, 0.6) is 0 Å². The molecule has 1 aliphatic heterocycles. The van der Waals surface area contributed by atoms with Crippen molar-refractivity contribution in [3.8, 4) is 0 Å². The molecule has 0 radical (unpaired) electrons. The largest absolute Gasteiger partial charge is 0.297 e. The molecule has 0 aromatic carbocycles. The number of unbranched alkanes of at least 4 members (excludes halogenated alkanes) is 4. The van der Waals surface area contributed by atoms with Crippen LogP contribution < -0.4 is 0 Å². The SMILES string of the molecule is CCCCCC1CC(C)(F)CN1CCCCC. The van der Waals surface area contributed by atoms with Gasteiger partial charge in [0, 0.05) is 12.6 Å². The number of nitrogens with zero attached hydrogens (tertiary/aromatic N) is 1. The van der Waals surface area contributed by atoms with E-state index in [2.05, 4.69) is 18.7 Å². The second kappa shape index (κ2) is 7.35. The van der Waals surface area contributed by atoms with Crippen LogP contribution in [0, 0.1) is 0 Å². The zero-order valence-electron chi connectivity index (χ0n) is 12.0. The van der Waals surface area contributed by atoms with Gasteiger partial charge in [0.15, 0.2) is 0 Å². The molecule has 102 valence electrons. The molecule has 0 aromatic rings. The Bertz CT molecular complexity index is 183. The van der Waals surface area contributed by atoms with Crippen LogP contribution in [0.15, 0.2) is 0 Å². The van der Waals surface area contributed by atoms with Crippen LogP contribution in [0.25, 0.3) is 0 Å². The van der Waals surface area contributed by atoms with Crippen LogP contribution in [-0.4, -0.2) is 29.7 Å². The summed E-state index contributed by atoms with van der Waals surface area (Å²) in [5, 5.41) is 0. The third kappa shape index (κ3) is 5.37. The topological polar surface area (TPSA) is 3.24 Å². The van der Waals surface area contributed by atoms with Crippen LogP contribution in [0.3, 0.4) is 0 Å². The standard InChI is InChI=1S/C15H30FN/c1-4-6-8-10-14-12-15(3,16)13-17(14)11-9-7-5-2/h14H,4-13H2,1-3H3. The van der Waals surface area contributed by atoms with Crippen molar-refractivity contribution in [2.24, 2.45) is 0 Å². The van der Waals surface area contributed by atoms with Gasteiger partial charge in [-0.2, -0.15) is 0 Å². The van der Waals surface area contributed by atoms with Gasteiger partial charge >= 0.3 is 0 Å². The molecule has 1 aliphatic rings. The van der Waals surface area contributed by atoms with Gasteiger partial charge in [0.1, 0.15) is 5.67 Å². The molecule has 0 saturated carbocycles. The molecule has 0 aliphatic carbocycles. The van der Waals surface area contributed by atoms with Gasteiger partial charge in [-0.25, -0.2) is 4.39 Å². The quantitative estimate of drug-likeness (QED) is 0.565. The number of hydrogen-bond acceptors (Lipinski definition) is 1. The minimum atomic E-state index is -0.941. The summed E-state index contributed by atoms with van der Waals surface area (Å²) in [7, 11) is 0. The van der Waals surface area contributed by atoms with Gasteiger partial charge in [0.25, 0.3) is 0 Å². The molecule has 1 saturated heterocycles. The summed E-state index contributed by atoms with van der Waals surface area (Å²) in [6, 6.07) is 0.508. The minimum absolute atomic E-state index is 0.508. The average Bonchev–Trinajstić information content (AvgIpc) is 2.54. The molecule has 0 spiro atoms. The molecule has 0 amide bonds. The summed E-state index contributed by atoms with van der Waals surface area (Å²) < 4.78 is 14.1. The predicted molar refractivity (Wildman–Crippen MR) is 73.2 cm³/mol. The van der Waals surface area contributed by atoms with E-state index in [0.717, 1.165) is 13.0 Å². The van der Waals surface area contributed by atoms with E-state index in [9.17, 15) is 4.39 Å². The number of rotatable bonds is 8. The highest BCUT2D eigenvalue weighted by Crippen LogP contribution is 2.33. The average molecular weight is 243 g/mol. The Kier molecular flexibility index (Phi) is 6.47.